The first-order valence-corrected chi connectivity index (χ1v) is 7.73. The van der Waals surface area contributed by atoms with Crippen LogP contribution < -0.4 is 11.1 Å². The van der Waals surface area contributed by atoms with Crippen LogP contribution in [-0.2, 0) is 14.3 Å². The standard InChI is InChI=1S/C15H28N2O3/c1-19-15(7-8-20-12-15)11-17-13(18)9-14(10-16)5-3-2-4-6-14/h2-12,16H2,1H3,(H,17,18). The van der Waals surface area contributed by atoms with Crippen LogP contribution >= 0.6 is 0 Å². The molecule has 3 N–H and O–H groups in total. The van der Waals surface area contributed by atoms with Crippen LogP contribution in [0.3, 0.4) is 0 Å². The fraction of sp³-hybridized carbons (Fsp3) is 0.933. The molecule has 2 fully saturated rings. The average molecular weight is 284 g/mol. The fourth-order valence-electron chi connectivity index (χ4n) is 3.38. The molecule has 0 aromatic heterocycles. The van der Waals surface area contributed by atoms with E-state index >= 15 is 0 Å². The number of methoxy groups -OCH3 is 1. The Balaban J connectivity index is 1.82. The van der Waals surface area contributed by atoms with E-state index in [1.165, 1.54) is 19.3 Å². The predicted octanol–water partition coefficient (Wildman–Crippen LogP) is 1.21. The van der Waals surface area contributed by atoms with Crippen molar-refractivity contribution in [1.82, 2.24) is 5.32 Å². The Kier molecular flexibility index (Phi) is 5.41. The van der Waals surface area contributed by atoms with E-state index in [9.17, 15) is 4.79 Å². The molecule has 1 aliphatic heterocycles. The summed E-state index contributed by atoms with van der Waals surface area (Å²) < 4.78 is 10.9. The number of hydrogen-bond acceptors (Lipinski definition) is 4. The highest BCUT2D eigenvalue weighted by Gasteiger charge is 2.37. The van der Waals surface area contributed by atoms with Crippen LogP contribution in [0.2, 0.25) is 0 Å². The van der Waals surface area contributed by atoms with Gasteiger partial charge in [-0.2, -0.15) is 0 Å². The molecule has 2 aliphatic rings. The summed E-state index contributed by atoms with van der Waals surface area (Å²) >= 11 is 0. The number of nitrogens with one attached hydrogen (secondary N) is 1. The quantitative estimate of drug-likeness (QED) is 0.769. The number of carbonyl (C=O) groups is 1. The predicted molar refractivity (Wildman–Crippen MR) is 77.4 cm³/mol. The topological polar surface area (TPSA) is 73.6 Å². The van der Waals surface area contributed by atoms with E-state index in [0.29, 0.717) is 32.7 Å². The van der Waals surface area contributed by atoms with E-state index < -0.39 is 0 Å². The molecule has 5 nitrogen and oxygen atoms in total. The number of hydrogen-bond donors (Lipinski definition) is 2. The summed E-state index contributed by atoms with van der Waals surface area (Å²) in [5, 5.41) is 3.02. The minimum absolute atomic E-state index is 0.0226. The summed E-state index contributed by atoms with van der Waals surface area (Å²) in [5.74, 6) is 0.0978. The van der Waals surface area contributed by atoms with Gasteiger partial charge in [0.25, 0.3) is 0 Å². The van der Waals surface area contributed by atoms with Crippen molar-refractivity contribution in [2.45, 2.75) is 50.5 Å². The highest BCUT2D eigenvalue weighted by molar-refractivity contribution is 5.76. The van der Waals surface area contributed by atoms with E-state index in [1.54, 1.807) is 7.11 Å². The van der Waals surface area contributed by atoms with Crippen molar-refractivity contribution in [1.29, 1.82) is 0 Å². The van der Waals surface area contributed by atoms with Gasteiger partial charge in [0.15, 0.2) is 0 Å². The van der Waals surface area contributed by atoms with E-state index in [4.69, 9.17) is 15.2 Å². The van der Waals surface area contributed by atoms with Crippen LogP contribution in [-0.4, -0.2) is 44.9 Å². The first-order chi connectivity index (χ1) is 9.64. The molecule has 0 spiro atoms. The first kappa shape index (κ1) is 15.7. The smallest absolute Gasteiger partial charge is 0.220 e. The van der Waals surface area contributed by atoms with Gasteiger partial charge in [0.05, 0.1) is 6.61 Å². The molecule has 0 aromatic carbocycles. The van der Waals surface area contributed by atoms with Gasteiger partial charge in [-0.05, 0) is 24.8 Å². The molecular weight excluding hydrogens is 256 g/mol. The van der Waals surface area contributed by atoms with Crippen molar-refractivity contribution in [3.63, 3.8) is 0 Å². The molecule has 1 saturated heterocycles. The van der Waals surface area contributed by atoms with Gasteiger partial charge < -0.3 is 20.5 Å². The molecular formula is C15H28N2O3. The lowest BCUT2D eigenvalue weighted by molar-refractivity contribution is -0.125. The third kappa shape index (κ3) is 3.71. The Morgan fingerprint density at radius 2 is 2.05 bits per heavy atom. The van der Waals surface area contributed by atoms with Gasteiger partial charge >= 0.3 is 0 Å². The Labute approximate surface area is 121 Å². The minimum atomic E-state index is -0.335. The molecule has 1 atom stereocenters. The molecule has 2 rings (SSSR count). The Bertz CT molecular complexity index is 321. The van der Waals surface area contributed by atoms with E-state index in [0.717, 1.165) is 19.3 Å². The normalized spacial score (nSPS) is 29.3. The van der Waals surface area contributed by atoms with Crippen LogP contribution in [0, 0.1) is 5.41 Å². The fourth-order valence-corrected chi connectivity index (χ4v) is 3.38. The third-order valence-corrected chi connectivity index (χ3v) is 4.99. The molecule has 0 aromatic rings. The summed E-state index contributed by atoms with van der Waals surface area (Å²) in [6, 6.07) is 0. The maximum Gasteiger partial charge on any atom is 0.220 e. The van der Waals surface area contributed by atoms with Crippen LogP contribution in [0.4, 0.5) is 0 Å². The van der Waals surface area contributed by atoms with E-state index in [1.807, 2.05) is 0 Å². The monoisotopic (exact) mass is 284 g/mol. The van der Waals surface area contributed by atoms with Crippen LogP contribution in [0.1, 0.15) is 44.9 Å². The van der Waals surface area contributed by atoms with Gasteiger partial charge in [0, 0.05) is 33.1 Å². The minimum Gasteiger partial charge on any atom is -0.378 e. The van der Waals surface area contributed by atoms with E-state index in [-0.39, 0.29) is 16.9 Å². The molecule has 116 valence electrons. The molecule has 1 aliphatic carbocycles. The maximum absolute atomic E-state index is 12.2. The molecule has 0 bridgehead atoms. The first-order valence-electron chi connectivity index (χ1n) is 7.73. The second-order valence-electron chi connectivity index (χ2n) is 6.41. The average Bonchev–Trinajstić information content (AvgIpc) is 2.96. The summed E-state index contributed by atoms with van der Waals surface area (Å²) in [4.78, 5) is 12.2. The van der Waals surface area contributed by atoms with Crippen molar-refractivity contribution in [2.75, 3.05) is 33.4 Å². The SMILES string of the molecule is COC1(CNC(=O)CC2(CN)CCCCC2)CCOC1. The van der Waals surface area contributed by atoms with Gasteiger partial charge in [0.2, 0.25) is 5.91 Å². The molecule has 1 amide bonds. The van der Waals surface area contributed by atoms with Gasteiger partial charge in [-0.15, -0.1) is 0 Å². The van der Waals surface area contributed by atoms with Crippen LogP contribution in [0.25, 0.3) is 0 Å². The number of amides is 1. The number of carbonyl (C=O) groups excluding carboxylic acids is 1. The van der Waals surface area contributed by atoms with Crippen molar-refractivity contribution >= 4 is 5.91 Å². The molecule has 1 unspecified atom stereocenters. The van der Waals surface area contributed by atoms with Gasteiger partial charge in [-0.3, -0.25) is 4.79 Å². The van der Waals surface area contributed by atoms with Crippen molar-refractivity contribution in [3.8, 4) is 0 Å². The summed E-state index contributed by atoms with van der Waals surface area (Å²) in [7, 11) is 1.68. The van der Waals surface area contributed by atoms with Crippen molar-refractivity contribution in [3.05, 3.63) is 0 Å². The maximum atomic E-state index is 12.2. The zero-order chi connectivity index (χ0) is 14.5. The van der Waals surface area contributed by atoms with Gasteiger partial charge in [-0.1, -0.05) is 19.3 Å². The summed E-state index contributed by atoms with van der Waals surface area (Å²) in [6.45, 7) is 2.41. The van der Waals surface area contributed by atoms with Gasteiger partial charge in [-0.25, -0.2) is 0 Å². The van der Waals surface area contributed by atoms with Gasteiger partial charge in [0.1, 0.15) is 5.60 Å². The van der Waals surface area contributed by atoms with Crippen molar-refractivity contribution in [2.24, 2.45) is 11.1 Å². The Morgan fingerprint density at radius 3 is 2.60 bits per heavy atom. The lowest BCUT2D eigenvalue weighted by Crippen LogP contribution is -2.46. The lowest BCUT2D eigenvalue weighted by atomic mass is 9.71. The molecule has 0 radical (unpaired) electrons. The van der Waals surface area contributed by atoms with Crippen molar-refractivity contribution < 1.29 is 14.3 Å². The molecule has 20 heavy (non-hydrogen) atoms. The lowest BCUT2D eigenvalue weighted by Gasteiger charge is -2.36. The highest BCUT2D eigenvalue weighted by atomic mass is 16.5. The third-order valence-electron chi connectivity index (χ3n) is 4.99. The molecule has 5 heteroatoms. The number of rotatable bonds is 6. The largest absolute Gasteiger partial charge is 0.378 e. The number of nitrogens with two attached hydrogens (primary N) is 1. The zero-order valence-electron chi connectivity index (χ0n) is 12.6. The highest BCUT2D eigenvalue weighted by Crippen LogP contribution is 2.38. The van der Waals surface area contributed by atoms with Crippen LogP contribution in [0.15, 0.2) is 0 Å². The molecule has 1 heterocycles. The summed E-state index contributed by atoms with van der Waals surface area (Å²) in [5.41, 5.74) is 5.62. The van der Waals surface area contributed by atoms with E-state index in [2.05, 4.69) is 5.32 Å². The Morgan fingerprint density at radius 1 is 1.30 bits per heavy atom. The van der Waals surface area contributed by atoms with Crippen LogP contribution in [0.5, 0.6) is 0 Å². The number of ether oxygens (including phenoxy) is 2. The second-order valence-corrected chi connectivity index (χ2v) is 6.41. The second kappa shape index (κ2) is 6.87. The molecule has 1 saturated carbocycles. The zero-order valence-corrected chi connectivity index (χ0v) is 12.6. The Hall–Kier alpha value is -0.650. The summed E-state index contributed by atoms with van der Waals surface area (Å²) in [6.07, 6.45) is 7.20.